The first kappa shape index (κ1) is 42.0. The van der Waals surface area contributed by atoms with Gasteiger partial charge in [0.05, 0.1) is 0 Å². The summed E-state index contributed by atoms with van der Waals surface area (Å²) < 4.78 is 0. The van der Waals surface area contributed by atoms with Gasteiger partial charge in [-0.3, -0.25) is 0 Å². The number of hydrogen-bond acceptors (Lipinski definition) is 1. The molecule has 0 heterocycles. The van der Waals surface area contributed by atoms with E-state index in [1.54, 1.807) is 0 Å². The second kappa shape index (κ2) is 31.4. The minimum atomic E-state index is -1.83. The van der Waals surface area contributed by atoms with Crippen LogP contribution in [0.5, 0.6) is 0 Å². The van der Waals surface area contributed by atoms with Crippen LogP contribution >= 0.6 is 0 Å². The van der Waals surface area contributed by atoms with Crippen molar-refractivity contribution in [3.63, 3.8) is 0 Å². The van der Waals surface area contributed by atoms with Crippen molar-refractivity contribution >= 4 is 107 Å². The predicted octanol–water partition coefficient (Wildman–Crippen LogP) is -2.92. The topological polar surface area (TPSA) is 121 Å². The average Bonchev–Trinajstić information content (AvgIpc) is 0.811. The third-order valence-corrected chi connectivity index (χ3v) is 0. The second-order valence-electron chi connectivity index (χ2n) is 0.283. The van der Waals surface area contributed by atoms with Crippen LogP contribution in [0.3, 0.4) is 0 Å². The molecule has 5 nitrogen and oxygen atoms in total. The summed E-state index contributed by atoms with van der Waals surface area (Å²) in [5.41, 5.74) is 0. The van der Waals surface area contributed by atoms with Crippen LogP contribution in [0, 0.1) is 0 Å². The van der Waals surface area contributed by atoms with Gasteiger partial charge in [0, 0.05) is 0 Å². The van der Waals surface area contributed by atoms with Gasteiger partial charge in [-0.15, -0.1) is 0 Å². The molecule has 0 amide bonds. The van der Waals surface area contributed by atoms with E-state index in [2.05, 4.69) is 0 Å². The Kier molecular flexibility index (Phi) is 147. The van der Waals surface area contributed by atoms with E-state index in [0.717, 1.165) is 0 Å². The zero-order valence-corrected chi connectivity index (χ0v) is 9.90. The Morgan fingerprint density at radius 3 is 1.22 bits per heavy atom. The van der Waals surface area contributed by atoms with Crippen molar-refractivity contribution in [2.45, 2.75) is 0 Å². The Morgan fingerprint density at radius 2 is 1.22 bits per heavy atom. The van der Waals surface area contributed by atoms with Crippen molar-refractivity contribution in [1.29, 1.82) is 0 Å². The smallest absolute Gasteiger partial charge is 1.00 e. The fourth-order valence-electron chi connectivity index (χ4n) is 0. The molecular weight excluding hydrogens is 247 g/mol. The van der Waals surface area contributed by atoms with Crippen molar-refractivity contribution in [3.8, 4) is 0 Å². The van der Waals surface area contributed by atoms with Gasteiger partial charge in [0.2, 0.25) is 0 Å². The molecule has 0 aliphatic rings. The molecule has 6 N–H and O–H groups in total. The molecule has 0 atom stereocenters. The maximum Gasteiger partial charge on any atom is 2.00 e. The Hall–Kier alpha value is 2.46. The molecule has 0 saturated carbocycles. The summed E-state index contributed by atoms with van der Waals surface area (Å²) in [6.45, 7) is 0. The summed E-state index contributed by atoms with van der Waals surface area (Å²) in [7, 11) is 0. The van der Waals surface area contributed by atoms with Gasteiger partial charge >= 0.3 is 89.4 Å². The molecule has 0 aliphatic heterocycles. The molecule has 0 radical (unpaired) electrons. The zero-order valence-electron chi connectivity index (χ0n) is 8.22. The Labute approximate surface area is 136 Å². The molecule has 0 rings (SSSR count). The third kappa shape index (κ3) is 124. The van der Waals surface area contributed by atoms with Gasteiger partial charge in [-0.1, -0.05) is 0 Å². The molecule has 0 fully saturated rings. The van der Waals surface area contributed by atoms with Crippen LogP contribution in [-0.2, 0) is 0 Å². The Morgan fingerprint density at radius 1 is 1.22 bits per heavy atom. The molecule has 0 aromatic carbocycles. The maximum absolute atomic E-state index is 8.56. The molecule has 0 aliphatic carbocycles. The normalized spacial score (nSPS) is 2.67. The monoisotopic (exact) mass is 260 g/mol. The van der Waals surface area contributed by atoms with Crippen molar-refractivity contribution in [2.75, 3.05) is 0 Å². The van der Waals surface area contributed by atoms with E-state index in [4.69, 9.17) is 15.0 Å². The fraction of sp³-hybridized carbons (Fsp3) is 0. The summed E-state index contributed by atoms with van der Waals surface area (Å²) in [4.78, 5) is 8.56. The fourth-order valence-corrected chi connectivity index (χ4v) is 0. The van der Waals surface area contributed by atoms with E-state index in [0.29, 0.717) is 0 Å². The minimum Gasteiger partial charge on any atom is -1.00 e. The van der Waals surface area contributed by atoms with Crippen LogP contribution in [0.2, 0.25) is 0 Å². The van der Waals surface area contributed by atoms with Gasteiger partial charge in [-0.25, -0.2) is 4.79 Å². The molecule has 54 valence electrons. The molecule has 9 heavy (non-hydrogen) atoms. The zero-order chi connectivity index (χ0) is 3.58. The van der Waals surface area contributed by atoms with E-state index in [1.165, 1.54) is 0 Å². The summed E-state index contributed by atoms with van der Waals surface area (Å²) in [6.07, 6.45) is -1.83. The van der Waals surface area contributed by atoms with Gasteiger partial charge in [0.25, 0.3) is 0 Å². The van der Waals surface area contributed by atoms with Gasteiger partial charge in [0.15, 0.2) is 17.4 Å². The molecule has 0 aromatic rings. The Balaban J connectivity index is -0.00000000125. The van der Waals surface area contributed by atoms with Gasteiger partial charge < -0.3 is 26.9 Å². The average molecular weight is 260 g/mol. The predicted molar refractivity (Wildman–Crippen MR) is 43.8 cm³/mol. The quantitative estimate of drug-likeness (QED) is 0.453. The van der Waals surface area contributed by atoms with E-state index in [1.807, 2.05) is 0 Å². The molecule has 0 bridgehead atoms. The first-order valence-corrected chi connectivity index (χ1v) is 0.651. The van der Waals surface area contributed by atoms with E-state index < -0.39 is 6.16 Å². The number of hydrogen-bond donors (Lipinski definition) is 2. The van der Waals surface area contributed by atoms with Crippen LogP contribution in [0.15, 0.2) is 0 Å². The Bertz CT molecular complexity index is 51.5. The standard InChI is InChI=1S/CH2O3.Al.Ca.2H2O.Sr.7H/c2-1(3)4;;;;;;;;;;;;/h(H2,2,3,4);;;2*1H2;;;;;;;;/q;;+2;;;+2;;;;4*-1. The van der Waals surface area contributed by atoms with Crippen LogP contribution < -0.4 is 0 Å². The SMILES string of the molecule is O.O.O=C(O)O.[AlH3].[Ca+2].[H-].[H-].[H-].[H-].[Sr+2]. The van der Waals surface area contributed by atoms with Crippen LogP contribution in [-0.4, -0.2) is 128 Å². The first-order valence-electron chi connectivity index (χ1n) is 0.651. The first-order chi connectivity index (χ1) is 1.73. The van der Waals surface area contributed by atoms with E-state index in [-0.39, 0.29) is 117 Å². The van der Waals surface area contributed by atoms with Crippen LogP contribution in [0.4, 0.5) is 4.79 Å². The molecular formula is CH13AlCaO5Sr. The molecule has 0 aromatic heterocycles. The second-order valence-corrected chi connectivity index (χ2v) is 0.283. The largest absolute Gasteiger partial charge is 2.00 e. The van der Waals surface area contributed by atoms with Crippen LogP contribution in [0.25, 0.3) is 0 Å². The van der Waals surface area contributed by atoms with Crippen molar-refractivity contribution in [2.24, 2.45) is 0 Å². The summed E-state index contributed by atoms with van der Waals surface area (Å²) in [5.74, 6) is 0. The van der Waals surface area contributed by atoms with Crippen LogP contribution in [0.1, 0.15) is 5.71 Å². The molecule has 0 unspecified atom stereocenters. The third-order valence-electron chi connectivity index (χ3n) is 0. The summed E-state index contributed by atoms with van der Waals surface area (Å²) in [5, 5.41) is 13.9. The summed E-state index contributed by atoms with van der Waals surface area (Å²) in [6, 6.07) is 0. The van der Waals surface area contributed by atoms with Crippen molar-refractivity contribution in [1.82, 2.24) is 0 Å². The molecule has 0 saturated heterocycles. The van der Waals surface area contributed by atoms with Gasteiger partial charge in [-0.05, 0) is 0 Å². The minimum absolute atomic E-state index is 0. The maximum atomic E-state index is 8.56. The van der Waals surface area contributed by atoms with E-state index in [9.17, 15) is 0 Å². The number of carboxylic acid groups (broad SMARTS) is 2. The van der Waals surface area contributed by atoms with Gasteiger partial charge in [-0.2, -0.15) is 0 Å². The number of rotatable bonds is 0. The van der Waals surface area contributed by atoms with Crippen molar-refractivity contribution in [3.05, 3.63) is 0 Å². The number of carbonyl (C=O) groups is 1. The molecule has 8 heteroatoms. The van der Waals surface area contributed by atoms with Gasteiger partial charge in [0.1, 0.15) is 0 Å². The van der Waals surface area contributed by atoms with Crippen molar-refractivity contribution < 1.29 is 31.7 Å². The summed E-state index contributed by atoms with van der Waals surface area (Å²) >= 11 is 0. The van der Waals surface area contributed by atoms with E-state index >= 15 is 0 Å². The molecule has 0 spiro atoms.